The molecule has 0 spiro atoms. The van der Waals surface area contributed by atoms with E-state index in [-0.39, 0.29) is 30.9 Å². The number of terminal acetylenes is 2. The number of carbonyl (C=O) groups is 2. The summed E-state index contributed by atoms with van der Waals surface area (Å²) in [5.41, 5.74) is 0.105. The van der Waals surface area contributed by atoms with E-state index in [2.05, 4.69) is 16.8 Å². The van der Waals surface area contributed by atoms with Gasteiger partial charge in [0, 0.05) is 30.2 Å². The van der Waals surface area contributed by atoms with E-state index in [0.29, 0.717) is 42.5 Å². The van der Waals surface area contributed by atoms with Crippen molar-refractivity contribution in [2.75, 3.05) is 0 Å². The minimum absolute atomic E-state index is 0.0750. The third kappa shape index (κ3) is 3.82. The van der Waals surface area contributed by atoms with Gasteiger partial charge < -0.3 is 14.6 Å². The van der Waals surface area contributed by atoms with Crippen molar-refractivity contribution in [1.82, 2.24) is 4.98 Å². The molecule has 28 heavy (non-hydrogen) atoms. The number of hydrogen-bond donors (Lipinski definition) is 1. The van der Waals surface area contributed by atoms with Crippen molar-refractivity contribution < 1.29 is 24.2 Å². The van der Waals surface area contributed by atoms with Crippen molar-refractivity contribution in [3.05, 3.63) is 23.0 Å². The molecule has 1 aromatic heterocycles. The summed E-state index contributed by atoms with van der Waals surface area (Å²) in [7, 11) is 0. The highest BCUT2D eigenvalue weighted by atomic mass is 16.5. The Morgan fingerprint density at radius 3 is 2.04 bits per heavy atom. The average molecular weight is 381 g/mol. The van der Waals surface area contributed by atoms with Crippen molar-refractivity contribution in [3.63, 3.8) is 0 Å². The lowest BCUT2D eigenvalue weighted by Crippen LogP contribution is -2.20. The van der Waals surface area contributed by atoms with Crippen LogP contribution >= 0.6 is 0 Å². The standard InChI is InChI=1S/C22H23NO5/c1-4-6-21(8-9-21)19(25)27-13-16-12-23-15(3)18(24)17(16)14-28-20(26)22(7-5-2)10-11-22/h1-2,12,24H,6-11,13-14H2,3H3. The molecule has 3 rings (SSSR count). The molecule has 6 heteroatoms. The third-order valence-electron chi connectivity index (χ3n) is 5.59. The van der Waals surface area contributed by atoms with Gasteiger partial charge in [0.05, 0.1) is 16.5 Å². The fourth-order valence-corrected chi connectivity index (χ4v) is 3.16. The van der Waals surface area contributed by atoms with Crippen LogP contribution in [0.3, 0.4) is 0 Å². The number of esters is 2. The highest BCUT2D eigenvalue weighted by molar-refractivity contribution is 5.81. The molecule has 1 N–H and O–H groups in total. The van der Waals surface area contributed by atoms with Gasteiger partial charge in [-0.15, -0.1) is 24.7 Å². The summed E-state index contributed by atoms with van der Waals surface area (Å²) in [4.78, 5) is 28.8. The fraction of sp³-hybridized carbons (Fsp3) is 0.500. The van der Waals surface area contributed by atoms with Crippen molar-refractivity contribution >= 4 is 11.9 Å². The van der Waals surface area contributed by atoms with Gasteiger partial charge in [0.2, 0.25) is 0 Å². The number of hydrogen-bond acceptors (Lipinski definition) is 6. The second-order valence-corrected chi connectivity index (χ2v) is 7.67. The lowest BCUT2D eigenvalue weighted by atomic mass is 10.0. The van der Waals surface area contributed by atoms with E-state index in [1.165, 1.54) is 6.20 Å². The van der Waals surface area contributed by atoms with E-state index in [1.54, 1.807) is 6.92 Å². The molecule has 0 radical (unpaired) electrons. The zero-order chi connectivity index (χ0) is 20.4. The average Bonchev–Trinajstić information content (AvgIpc) is 3.59. The van der Waals surface area contributed by atoms with Gasteiger partial charge in [0.1, 0.15) is 19.0 Å². The second-order valence-electron chi connectivity index (χ2n) is 7.67. The Hall–Kier alpha value is -2.99. The Morgan fingerprint density at radius 1 is 1.07 bits per heavy atom. The Balaban J connectivity index is 1.68. The van der Waals surface area contributed by atoms with Crippen molar-refractivity contribution in [3.8, 4) is 30.4 Å². The summed E-state index contributed by atoms with van der Waals surface area (Å²) in [6, 6.07) is 0. The number of rotatable bonds is 8. The first kappa shape index (κ1) is 19.8. The van der Waals surface area contributed by atoms with Gasteiger partial charge in [-0.1, -0.05) is 0 Å². The minimum atomic E-state index is -0.591. The van der Waals surface area contributed by atoms with E-state index in [0.717, 1.165) is 12.8 Å². The Kier molecular flexibility index (Phi) is 5.34. The molecule has 0 amide bonds. The number of pyridine rings is 1. The number of ether oxygens (including phenoxy) is 2. The minimum Gasteiger partial charge on any atom is -0.506 e. The van der Waals surface area contributed by atoms with Crippen LogP contribution in [0.25, 0.3) is 0 Å². The van der Waals surface area contributed by atoms with Crippen molar-refractivity contribution in [1.29, 1.82) is 0 Å². The molecule has 1 heterocycles. The number of carbonyl (C=O) groups excluding carboxylic acids is 2. The Morgan fingerprint density at radius 2 is 1.57 bits per heavy atom. The van der Waals surface area contributed by atoms with E-state index in [4.69, 9.17) is 22.3 Å². The fourth-order valence-electron chi connectivity index (χ4n) is 3.16. The first-order valence-corrected chi connectivity index (χ1v) is 9.25. The van der Waals surface area contributed by atoms with Crippen LogP contribution in [0.15, 0.2) is 6.20 Å². The first-order chi connectivity index (χ1) is 13.4. The molecular weight excluding hydrogens is 358 g/mol. The van der Waals surface area contributed by atoms with Gasteiger partial charge >= 0.3 is 11.9 Å². The van der Waals surface area contributed by atoms with Gasteiger partial charge in [-0.3, -0.25) is 14.6 Å². The number of aromatic hydroxyl groups is 1. The van der Waals surface area contributed by atoms with Gasteiger partial charge in [-0.05, 0) is 32.6 Å². The maximum Gasteiger partial charge on any atom is 0.313 e. The molecule has 1 aromatic rings. The largest absolute Gasteiger partial charge is 0.506 e. The highest BCUT2D eigenvalue weighted by Gasteiger charge is 2.51. The summed E-state index contributed by atoms with van der Waals surface area (Å²) in [5, 5.41) is 10.4. The SMILES string of the molecule is C#CCC1(C(=O)OCc2cnc(C)c(O)c2COC(=O)C2(CC#C)CC2)CC1. The molecule has 146 valence electrons. The van der Waals surface area contributed by atoms with Gasteiger partial charge in [-0.2, -0.15) is 0 Å². The summed E-state index contributed by atoms with van der Waals surface area (Å²) in [5.74, 6) is 4.24. The lowest BCUT2D eigenvalue weighted by molar-refractivity contribution is -0.153. The van der Waals surface area contributed by atoms with Crippen LogP contribution in [-0.4, -0.2) is 22.0 Å². The predicted octanol–water partition coefficient (Wildman–Crippen LogP) is 2.79. The molecule has 2 fully saturated rings. The molecule has 0 atom stereocenters. The van der Waals surface area contributed by atoms with E-state index in [9.17, 15) is 14.7 Å². The van der Waals surface area contributed by atoms with Crippen LogP contribution < -0.4 is 0 Å². The molecule has 2 aliphatic carbocycles. The van der Waals surface area contributed by atoms with E-state index >= 15 is 0 Å². The maximum atomic E-state index is 12.4. The molecule has 0 bridgehead atoms. The molecule has 2 aliphatic rings. The number of nitrogens with zero attached hydrogens (tertiary/aromatic N) is 1. The topological polar surface area (TPSA) is 85.7 Å². The van der Waals surface area contributed by atoms with Gasteiger partial charge in [0.25, 0.3) is 0 Å². The van der Waals surface area contributed by atoms with Crippen LogP contribution in [-0.2, 0) is 32.3 Å². The number of aromatic nitrogens is 1. The molecule has 0 aliphatic heterocycles. The Bertz CT molecular complexity index is 881. The quantitative estimate of drug-likeness (QED) is 0.550. The summed E-state index contributed by atoms with van der Waals surface area (Å²) in [6.07, 6.45) is 15.7. The third-order valence-corrected chi connectivity index (χ3v) is 5.59. The molecule has 0 unspecified atom stereocenters. The zero-order valence-electron chi connectivity index (χ0n) is 15.9. The molecule has 0 aromatic carbocycles. The predicted molar refractivity (Wildman–Crippen MR) is 100 cm³/mol. The summed E-state index contributed by atoms with van der Waals surface area (Å²) in [6.45, 7) is 1.43. The normalized spacial score (nSPS) is 17.7. The molecule has 0 saturated heterocycles. The van der Waals surface area contributed by atoms with Crippen LogP contribution in [0, 0.1) is 42.4 Å². The van der Waals surface area contributed by atoms with Gasteiger partial charge in [-0.25, -0.2) is 0 Å². The van der Waals surface area contributed by atoms with Crippen LogP contribution in [0.4, 0.5) is 0 Å². The van der Waals surface area contributed by atoms with E-state index in [1.807, 2.05) is 0 Å². The van der Waals surface area contributed by atoms with Crippen LogP contribution in [0.2, 0.25) is 0 Å². The number of aryl methyl sites for hydroxylation is 1. The smallest absolute Gasteiger partial charge is 0.313 e. The summed E-state index contributed by atoms with van der Waals surface area (Å²) < 4.78 is 10.8. The first-order valence-electron chi connectivity index (χ1n) is 9.25. The van der Waals surface area contributed by atoms with Crippen molar-refractivity contribution in [2.24, 2.45) is 10.8 Å². The second kappa shape index (κ2) is 7.56. The summed E-state index contributed by atoms with van der Waals surface area (Å²) >= 11 is 0. The van der Waals surface area contributed by atoms with Gasteiger partial charge in [0.15, 0.2) is 0 Å². The molecule has 2 saturated carbocycles. The van der Waals surface area contributed by atoms with Crippen LogP contribution in [0.5, 0.6) is 5.75 Å². The molecular formula is C22H23NO5. The monoisotopic (exact) mass is 381 g/mol. The van der Waals surface area contributed by atoms with E-state index < -0.39 is 10.8 Å². The van der Waals surface area contributed by atoms with Crippen LogP contribution in [0.1, 0.15) is 55.3 Å². The lowest BCUT2D eigenvalue weighted by Gasteiger charge is -2.17. The van der Waals surface area contributed by atoms with Crippen molar-refractivity contribution in [2.45, 2.75) is 58.7 Å². The zero-order valence-corrected chi connectivity index (χ0v) is 15.9. The molecule has 6 nitrogen and oxygen atoms in total. The Labute approximate surface area is 164 Å². The maximum absolute atomic E-state index is 12.4. The highest BCUT2D eigenvalue weighted by Crippen LogP contribution is 2.50.